The summed E-state index contributed by atoms with van der Waals surface area (Å²) in [5, 5.41) is 11.1. The van der Waals surface area contributed by atoms with Gasteiger partial charge in [-0.2, -0.15) is 0 Å². The molecule has 0 aromatic heterocycles. The molecule has 3 aromatic carbocycles. The number of ether oxygens (including phenoxy) is 2. The molecule has 36 heavy (non-hydrogen) atoms. The molecular weight excluding hydrogens is 464 g/mol. The molecule has 1 N–H and O–H groups in total. The first-order valence-corrected chi connectivity index (χ1v) is 12.3. The van der Waals surface area contributed by atoms with E-state index in [-0.39, 0.29) is 30.5 Å². The third-order valence-corrected chi connectivity index (χ3v) is 6.83. The molecule has 0 bridgehead atoms. The lowest BCUT2D eigenvalue weighted by Gasteiger charge is -2.33. The third-order valence-electron chi connectivity index (χ3n) is 6.83. The van der Waals surface area contributed by atoms with Gasteiger partial charge in [0.1, 0.15) is 35.3 Å². The molecule has 0 aliphatic carbocycles. The lowest BCUT2D eigenvalue weighted by molar-refractivity contribution is -0.128. The summed E-state index contributed by atoms with van der Waals surface area (Å²) in [6.45, 7) is 0.810. The zero-order valence-electron chi connectivity index (χ0n) is 19.9. The summed E-state index contributed by atoms with van der Waals surface area (Å²) in [6, 6.07) is 18.5. The number of rotatable bonds is 8. The van der Waals surface area contributed by atoms with Crippen molar-refractivity contribution in [1.29, 1.82) is 0 Å². The van der Waals surface area contributed by atoms with Crippen molar-refractivity contribution < 1.29 is 28.2 Å². The zero-order chi connectivity index (χ0) is 25.1. The van der Waals surface area contributed by atoms with Crippen LogP contribution < -0.4 is 9.47 Å². The van der Waals surface area contributed by atoms with Crippen molar-refractivity contribution in [2.45, 2.75) is 50.5 Å². The second-order valence-corrected chi connectivity index (χ2v) is 9.53. The van der Waals surface area contributed by atoms with E-state index in [1.807, 2.05) is 35.2 Å². The van der Waals surface area contributed by atoms with Crippen molar-refractivity contribution >= 4 is 5.78 Å². The van der Waals surface area contributed by atoms with Crippen LogP contribution in [0.15, 0.2) is 66.7 Å². The second-order valence-electron chi connectivity index (χ2n) is 9.53. The van der Waals surface area contributed by atoms with E-state index in [1.165, 1.54) is 24.3 Å². The number of carbonyl (C=O) groups excluding carboxylic acids is 1. The summed E-state index contributed by atoms with van der Waals surface area (Å²) in [6.07, 6.45) is 0.314. The Morgan fingerprint density at radius 2 is 1.56 bits per heavy atom. The highest BCUT2D eigenvalue weighted by atomic mass is 19.1. The van der Waals surface area contributed by atoms with Crippen LogP contribution in [0.3, 0.4) is 0 Å². The zero-order valence-corrected chi connectivity index (χ0v) is 19.9. The van der Waals surface area contributed by atoms with Gasteiger partial charge in [-0.15, -0.1) is 0 Å². The van der Waals surface area contributed by atoms with Gasteiger partial charge in [-0.25, -0.2) is 8.78 Å². The SMILES string of the molecule is O=C(CN(Cc1ccccc1)CC(O)C1CCc2cc(F)ccc2O1)[C@H]1CCc2cc(F)ccc2O1. The quantitative estimate of drug-likeness (QED) is 0.501. The van der Waals surface area contributed by atoms with E-state index < -0.39 is 18.3 Å². The average molecular weight is 494 g/mol. The first-order valence-electron chi connectivity index (χ1n) is 12.3. The van der Waals surface area contributed by atoms with Crippen molar-refractivity contribution in [3.63, 3.8) is 0 Å². The van der Waals surface area contributed by atoms with Crippen LogP contribution in [0.5, 0.6) is 11.5 Å². The Balaban J connectivity index is 1.26. The fourth-order valence-electron chi connectivity index (χ4n) is 4.96. The van der Waals surface area contributed by atoms with Gasteiger partial charge in [-0.3, -0.25) is 9.69 Å². The van der Waals surface area contributed by atoms with Gasteiger partial charge in [-0.1, -0.05) is 30.3 Å². The van der Waals surface area contributed by atoms with E-state index >= 15 is 0 Å². The maximum Gasteiger partial charge on any atom is 0.187 e. The van der Waals surface area contributed by atoms with Crippen molar-refractivity contribution in [3.05, 3.63) is 95.1 Å². The predicted octanol–water partition coefficient (Wildman–Crippen LogP) is 4.48. The Kier molecular flexibility index (Phi) is 7.30. The van der Waals surface area contributed by atoms with E-state index in [0.717, 1.165) is 16.7 Å². The number of carbonyl (C=O) groups is 1. The number of nitrogens with zero attached hydrogens (tertiary/aromatic N) is 1. The van der Waals surface area contributed by atoms with Gasteiger partial charge in [0.2, 0.25) is 0 Å². The molecule has 3 atom stereocenters. The summed E-state index contributed by atoms with van der Waals surface area (Å²) in [5.41, 5.74) is 2.59. The maximum atomic E-state index is 13.5. The van der Waals surface area contributed by atoms with Gasteiger partial charge in [0.25, 0.3) is 0 Å². The molecule has 188 valence electrons. The van der Waals surface area contributed by atoms with Crippen LogP contribution in [0.1, 0.15) is 29.5 Å². The minimum absolute atomic E-state index is 0.0847. The molecule has 3 aromatic rings. The van der Waals surface area contributed by atoms with Crippen LogP contribution in [0.25, 0.3) is 0 Å². The highest BCUT2D eigenvalue weighted by molar-refractivity contribution is 5.85. The maximum absolute atomic E-state index is 13.5. The fraction of sp³-hybridized carbons (Fsp3) is 0.345. The Morgan fingerprint density at radius 1 is 0.917 bits per heavy atom. The van der Waals surface area contributed by atoms with Crippen LogP contribution in [-0.4, -0.2) is 47.2 Å². The molecule has 0 radical (unpaired) electrons. The minimum Gasteiger partial charge on any atom is -0.487 e. The summed E-state index contributed by atoms with van der Waals surface area (Å²) in [7, 11) is 0. The van der Waals surface area contributed by atoms with E-state index in [2.05, 4.69) is 0 Å². The molecule has 7 heteroatoms. The van der Waals surface area contributed by atoms with Gasteiger partial charge >= 0.3 is 0 Å². The molecular formula is C29H29F2NO4. The summed E-state index contributed by atoms with van der Waals surface area (Å²) < 4.78 is 39.0. The Bertz CT molecular complexity index is 1220. The molecule has 5 rings (SSSR count). The first kappa shape index (κ1) is 24.4. The number of fused-ring (bicyclic) bond motifs is 2. The topological polar surface area (TPSA) is 59.0 Å². The van der Waals surface area contributed by atoms with Crippen LogP contribution in [-0.2, 0) is 24.2 Å². The average Bonchev–Trinajstić information content (AvgIpc) is 2.88. The standard InChI is InChI=1S/C29H29F2NO4/c30-22-8-12-26-20(14-22)6-10-28(35-26)24(33)17-32(16-19-4-2-1-3-5-19)18-25(34)29-11-7-21-15-23(31)9-13-27(21)36-29/h1-5,8-9,12-15,24,28-29,33H,6-7,10-11,16-18H2/t24?,28?,29-/m1/s1. The van der Waals surface area contributed by atoms with E-state index in [4.69, 9.17) is 9.47 Å². The number of benzene rings is 3. The molecule has 2 unspecified atom stereocenters. The third kappa shape index (κ3) is 5.74. The lowest BCUT2D eigenvalue weighted by atomic mass is 9.98. The van der Waals surface area contributed by atoms with Crippen LogP contribution in [0.4, 0.5) is 8.78 Å². The van der Waals surface area contributed by atoms with Gasteiger partial charge in [0.15, 0.2) is 11.9 Å². The second kappa shape index (κ2) is 10.8. The van der Waals surface area contributed by atoms with E-state index in [0.29, 0.717) is 43.7 Å². The van der Waals surface area contributed by atoms with Gasteiger partial charge < -0.3 is 14.6 Å². The monoisotopic (exact) mass is 493 g/mol. The molecule has 2 aliphatic rings. The number of hydrogen-bond acceptors (Lipinski definition) is 5. The van der Waals surface area contributed by atoms with Gasteiger partial charge in [0.05, 0.1) is 6.54 Å². The minimum atomic E-state index is -0.837. The van der Waals surface area contributed by atoms with E-state index in [9.17, 15) is 18.7 Å². The number of hydrogen-bond donors (Lipinski definition) is 1. The summed E-state index contributed by atoms with van der Waals surface area (Å²) >= 11 is 0. The molecule has 5 nitrogen and oxygen atoms in total. The molecule has 2 aliphatic heterocycles. The number of halogens is 2. The van der Waals surface area contributed by atoms with E-state index in [1.54, 1.807) is 12.1 Å². The van der Waals surface area contributed by atoms with Crippen molar-refractivity contribution in [1.82, 2.24) is 4.90 Å². The molecule has 0 amide bonds. The number of ketones is 1. The smallest absolute Gasteiger partial charge is 0.187 e. The fourth-order valence-corrected chi connectivity index (χ4v) is 4.96. The number of aliphatic hydroxyl groups excluding tert-OH is 1. The van der Waals surface area contributed by atoms with Crippen LogP contribution in [0.2, 0.25) is 0 Å². The molecule has 0 saturated carbocycles. The summed E-state index contributed by atoms with van der Waals surface area (Å²) in [5.74, 6) is 0.423. The predicted molar refractivity (Wildman–Crippen MR) is 131 cm³/mol. The molecule has 0 spiro atoms. The van der Waals surface area contributed by atoms with Crippen LogP contribution in [0, 0.1) is 11.6 Å². The summed E-state index contributed by atoms with van der Waals surface area (Å²) in [4.78, 5) is 15.2. The highest BCUT2D eigenvalue weighted by Crippen LogP contribution is 2.30. The van der Waals surface area contributed by atoms with Crippen LogP contribution >= 0.6 is 0 Å². The molecule has 2 heterocycles. The number of aryl methyl sites for hydroxylation is 2. The Labute approximate surface area is 209 Å². The van der Waals surface area contributed by atoms with Crippen molar-refractivity contribution in [2.75, 3.05) is 13.1 Å². The molecule has 0 fully saturated rings. The molecule has 0 saturated heterocycles. The normalized spacial score (nSPS) is 19.6. The Morgan fingerprint density at radius 3 is 2.25 bits per heavy atom. The number of Topliss-reactive ketones (excluding diaryl/α,β-unsaturated/α-hetero) is 1. The highest BCUT2D eigenvalue weighted by Gasteiger charge is 2.31. The van der Waals surface area contributed by atoms with Crippen molar-refractivity contribution in [2.24, 2.45) is 0 Å². The van der Waals surface area contributed by atoms with Gasteiger partial charge in [-0.05, 0) is 78.8 Å². The lowest BCUT2D eigenvalue weighted by Crippen LogP contribution is -2.46. The first-order chi connectivity index (χ1) is 17.4. The number of aliphatic hydroxyl groups is 1. The largest absolute Gasteiger partial charge is 0.487 e. The Hall–Kier alpha value is -3.29. The van der Waals surface area contributed by atoms with Crippen molar-refractivity contribution in [3.8, 4) is 11.5 Å². The van der Waals surface area contributed by atoms with Gasteiger partial charge in [0, 0.05) is 13.1 Å².